The highest BCUT2D eigenvalue weighted by atomic mass is 79.9. The molecule has 4 heteroatoms. The predicted octanol–water partition coefficient (Wildman–Crippen LogP) is 5.17. The van der Waals surface area contributed by atoms with Gasteiger partial charge in [-0.05, 0) is 43.7 Å². The average Bonchev–Trinajstić information content (AvgIpc) is 2.43. The fourth-order valence-corrected chi connectivity index (χ4v) is 2.53. The van der Waals surface area contributed by atoms with Crippen LogP contribution in [0.15, 0.2) is 40.9 Å². The van der Waals surface area contributed by atoms with Crippen molar-refractivity contribution in [2.75, 3.05) is 5.32 Å². The Morgan fingerprint density at radius 3 is 2.75 bits per heavy atom. The van der Waals surface area contributed by atoms with Crippen molar-refractivity contribution >= 4 is 21.6 Å². The molecule has 0 amide bonds. The zero-order valence-corrected chi connectivity index (χ0v) is 13.0. The lowest BCUT2D eigenvalue weighted by molar-refractivity contribution is 0.462. The highest BCUT2D eigenvalue weighted by Gasteiger charge is 2.15. The summed E-state index contributed by atoms with van der Waals surface area (Å²) in [6, 6.07) is 10.2. The van der Waals surface area contributed by atoms with E-state index in [1.807, 2.05) is 19.1 Å². The Bertz CT molecular complexity index is 615. The molecule has 20 heavy (non-hydrogen) atoms. The first-order valence-corrected chi connectivity index (χ1v) is 7.32. The van der Waals surface area contributed by atoms with Gasteiger partial charge in [-0.1, -0.05) is 28.9 Å². The van der Waals surface area contributed by atoms with Crippen molar-refractivity contribution in [3.63, 3.8) is 0 Å². The molecule has 2 aromatic carbocycles. The third-order valence-corrected chi connectivity index (χ3v) is 3.86. The molecular formula is C16H17BrFNO. The number of hydrogen-bond donors (Lipinski definition) is 2. The molecule has 0 bridgehead atoms. The van der Waals surface area contributed by atoms with Crippen LogP contribution in [0, 0.1) is 12.7 Å². The minimum Gasteiger partial charge on any atom is -0.508 e. The van der Waals surface area contributed by atoms with E-state index in [2.05, 4.69) is 21.2 Å². The van der Waals surface area contributed by atoms with Crippen LogP contribution in [0.2, 0.25) is 0 Å². The van der Waals surface area contributed by atoms with Gasteiger partial charge in [-0.15, -0.1) is 0 Å². The standard InChI is InChI=1S/C16H17BrFNO/c1-3-14(12-9-11(17)7-8-16(12)20)19-15-6-4-5-13(18)10(15)2/h4-9,14,19-20H,3H2,1-2H3. The number of phenolic OH excluding ortho intramolecular Hbond substituents is 1. The first-order valence-electron chi connectivity index (χ1n) is 6.53. The minimum atomic E-state index is -0.233. The Hall–Kier alpha value is -1.55. The van der Waals surface area contributed by atoms with Gasteiger partial charge >= 0.3 is 0 Å². The SMILES string of the molecule is CCC(Nc1cccc(F)c1C)c1cc(Br)ccc1O. The molecule has 2 nitrogen and oxygen atoms in total. The summed E-state index contributed by atoms with van der Waals surface area (Å²) in [5, 5.41) is 13.3. The molecule has 106 valence electrons. The summed E-state index contributed by atoms with van der Waals surface area (Å²) in [7, 11) is 0. The molecule has 2 N–H and O–H groups in total. The van der Waals surface area contributed by atoms with Gasteiger partial charge in [-0.2, -0.15) is 0 Å². The summed E-state index contributed by atoms with van der Waals surface area (Å²) in [5.74, 6) is 0.00456. The van der Waals surface area contributed by atoms with E-state index in [1.54, 1.807) is 25.1 Å². The number of hydrogen-bond acceptors (Lipinski definition) is 2. The molecule has 1 unspecified atom stereocenters. The molecule has 2 aromatic rings. The van der Waals surface area contributed by atoms with E-state index in [0.717, 1.165) is 22.1 Å². The lowest BCUT2D eigenvalue weighted by atomic mass is 10.0. The van der Waals surface area contributed by atoms with Gasteiger partial charge in [0.25, 0.3) is 0 Å². The maximum Gasteiger partial charge on any atom is 0.128 e. The number of phenols is 1. The number of aromatic hydroxyl groups is 1. The first kappa shape index (κ1) is 14.9. The molecule has 0 saturated heterocycles. The van der Waals surface area contributed by atoms with Crippen molar-refractivity contribution in [1.82, 2.24) is 0 Å². The Morgan fingerprint density at radius 1 is 1.30 bits per heavy atom. The average molecular weight is 338 g/mol. The van der Waals surface area contributed by atoms with Crippen LogP contribution in [0.25, 0.3) is 0 Å². The minimum absolute atomic E-state index is 0.0759. The van der Waals surface area contributed by atoms with Gasteiger partial charge in [-0.3, -0.25) is 0 Å². The zero-order valence-electron chi connectivity index (χ0n) is 11.5. The largest absolute Gasteiger partial charge is 0.508 e. The van der Waals surface area contributed by atoms with E-state index in [-0.39, 0.29) is 17.6 Å². The van der Waals surface area contributed by atoms with Gasteiger partial charge in [0.05, 0.1) is 6.04 Å². The van der Waals surface area contributed by atoms with Crippen LogP contribution in [-0.2, 0) is 0 Å². The summed E-state index contributed by atoms with van der Waals surface area (Å²) >= 11 is 3.41. The van der Waals surface area contributed by atoms with Gasteiger partial charge in [0.15, 0.2) is 0 Å². The van der Waals surface area contributed by atoms with Gasteiger partial charge in [0, 0.05) is 21.3 Å². The Labute approximate surface area is 126 Å². The van der Waals surface area contributed by atoms with E-state index in [4.69, 9.17) is 0 Å². The van der Waals surface area contributed by atoms with Crippen molar-refractivity contribution in [2.45, 2.75) is 26.3 Å². The van der Waals surface area contributed by atoms with Gasteiger partial charge < -0.3 is 10.4 Å². The Balaban J connectivity index is 2.34. The molecule has 0 aliphatic rings. The highest BCUT2D eigenvalue weighted by Crippen LogP contribution is 2.32. The lowest BCUT2D eigenvalue weighted by Gasteiger charge is -2.21. The molecule has 0 aliphatic carbocycles. The van der Waals surface area contributed by atoms with Crippen LogP contribution in [0.4, 0.5) is 10.1 Å². The quantitative estimate of drug-likeness (QED) is 0.806. The monoisotopic (exact) mass is 337 g/mol. The molecule has 0 radical (unpaired) electrons. The lowest BCUT2D eigenvalue weighted by Crippen LogP contribution is -2.11. The number of nitrogens with one attached hydrogen (secondary N) is 1. The van der Waals surface area contributed by atoms with Crippen LogP contribution >= 0.6 is 15.9 Å². The van der Waals surface area contributed by atoms with Crippen LogP contribution < -0.4 is 5.32 Å². The third-order valence-electron chi connectivity index (χ3n) is 3.37. The van der Waals surface area contributed by atoms with Crippen molar-refractivity contribution < 1.29 is 9.50 Å². The predicted molar refractivity (Wildman–Crippen MR) is 83.6 cm³/mol. The normalized spacial score (nSPS) is 12.2. The van der Waals surface area contributed by atoms with E-state index < -0.39 is 0 Å². The second kappa shape index (κ2) is 6.27. The second-order valence-electron chi connectivity index (χ2n) is 4.72. The molecule has 0 aromatic heterocycles. The molecule has 0 fully saturated rings. The van der Waals surface area contributed by atoms with Crippen LogP contribution in [0.3, 0.4) is 0 Å². The molecule has 1 atom stereocenters. The van der Waals surface area contributed by atoms with Crippen molar-refractivity contribution in [2.24, 2.45) is 0 Å². The fourth-order valence-electron chi connectivity index (χ4n) is 2.16. The van der Waals surface area contributed by atoms with E-state index in [1.165, 1.54) is 6.07 Å². The second-order valence-corrected chi connectivity index (χ2v) is 5.64. The van der Waals surface area contributed by atoms with Crippen LogP contribution in [-0.4, -0.2) is 5.11 Å². The summed E-state index contributed by atoms with van der Waals surface area (Å²) < 4.78 is 14.5. The summed E-state index contributed by atoms with van der Waals surface area (Å²) in [6.07, 6.45) is 0.778. The highest BCUT2D eigenvalue weighted by molar-refractivity contribution is 9.10. The first-order chi connectivity index (χ1) is 9.52. The van der Waals surface area contributed by atoms with Crippen molar-refractivity contribution in [3.05, 3.63) is 57.8 Å². The number of rotatable bonds is 4. The van der Waals surface area contributed by atoms with Gasteiger partial charge in [-0.25, -0.2) is 4.39 Å². The Morgan fingerprint density at radius 2 is 2.05 bits per heavy atom. The third kappa shape index (κ3) is 3.12. The fraction of sp³-hybridized carbons (Fsp3) is 0.250. The molecule has 0 aliphatic heterocycles. The number of halogens is 2. The van der Waals surface area contributed by atoms with Gasteiger partial charge in [0.1, 0.15) is 11.6 Å². The zero-order chi connectivity index (χ0) is 14.7. The van der Waals surface area contributed by atoms with Crippen molar-refractivity contribution in [3.8, 4) is 5.75 Å². The van der Waals surface area contributed by atoms with Gasteiger partial charge in [0.2, 0.25) is 0 Å². The molecular weight excluding hydrogens is 321 g/mol. The summed E-state index contributed by atoms with van der Waals surface area (Å²) in [5.41, 5.74) is 2.13. The molecule has 0 spiro atoms. The summed E-state index contributed by atoms with van der Waals surface area (Å²) in [4.78, 5) is 0. The molecule has 0 saturated carbocycles. The topological polar surface area (TPSA) is 32.3 Å². The molecule has 2 rings (SSSR count). The number of anilines is 1. The maximum atomic E-state index is 13.6. The smallest absolute Gasteiger partial charge is 0.128 e. The van der Waals surface area contributed by atoms with E-state index >= 15 is 0 Å². The maximum absolute atomic E-state index is 13.6. The van der Waals surface area contributed by atoms with E-state index in [9.17, 15) is 9.50 Å². The Kier molecular flexibility index (Phi) is 4.65. The summed E-state index contributed by atoms with van der Waals surface area (Å²) in [6.45, 7) is 3.76. The van der Waals surface area contributed by atoms with Crippen molar-refractivity contribution in [1.29, 1.82) is 0 Å². The van der Waals surface area contributed by atoms with Crippen LogP contribution in [0.5, 0.6) is 5.75 Å². The van der Waals surface area contributed by atoms with Crippen LogP contribution in [0.1, 0.15) is 30.5 Å². The number of benzene rings is 2. The molecule has 0 heterocycles. The van der Waals surface area contributed by atoms with E-state index in [0.29, 0.717) is 5.56 Å².